The van der Waals surface area contributed by atoms with Gasteiger partial charge in [-0.3, -0.25) is 0 Å². The summed E-state index contributed by atoms with van der Waals surface area (Å²) in [6, 6.07) is 2.29. The fraction of sp³-hybridized carbons (Fsp3) is 0.333. The highest BCUT2D eigenvalue weighted by atomic mass is 35.5. The van der Waals surface area contributed by atoms with E-state index in [2.05, 4.69) is 5.10 Å². The number of alkyl halides is 6. The molecule has 6 nitrogen and oxygen atoms in total. The zero-order chi connectivity index (χ0) is 23.0. The van der Waals surface area contributed by atoms with Crippen molar-refractivity contribution in [3.63, 3.8) is 0 Å². The van der Waals surface area contributed by atoms with Gasteiger partial charge in [-0.2, -0.15) is 36.7 Å². The summed E-state index contributed by atoms with van der Waals surface area (Å²) < 4.78 is 101. The van der Waals surface area contributed by atoms with Crippen LogP contribution in [0.2, 0.25) is 10.0 Å². The number of rotatable bonds is 5. The third kappa shape index (κ3) is 4.57. The van der Waals surface area contributed by atoms with Crippen molar-refractivity contribution in [3.05, 3.63) is 39.1 Å². The second-order valence-electron chi connectivity index (χ2n) is 5.39. The number of benzene rings is 1. The molecule has 0 aliphatic heterocycles. The predicted molar refractivity (Wildman–Crippen MR) is 92.5 cm³/mol. The summed E-state index contributed by atoms with van der Waals surface area (Å²) in [4.78, 5) is -1.11. The van der Waals surface area contributed by atoms with Crippen LogP contribution in [0.4, 0.5) is 26.3 Å². The van der Waals surface area contributed by atoms with E-state index in [9.17, 15) is 35.8 Å². The highest BCUT2D eigenvalue weighted by Crippen LogP contribution is 2.41. The molecule has 0 saturated carbocycles. The molecule has 2 aromatic rings. The topological polar surface area (TPSA) is 77.1 Å². The number of methoxy groups -OCH3 is 2. The molecule has 15 heteroatoms. The maximum absolute atomic E-state index is 13.2. The number of nitrogens with zero attached hydrogens (tertiary/aromatic N) is 3. The molecule has 164 valence electrons. The van der Waals surface area contributed by atoms with Crippen LogP contribution in [-0.2, 0) is 26.4 Å². The van der Waals surface area contributed by atoms with E-state index in [0.717, 1.165) is 14.2 Å². The molecule has 30 heavy (non-hydrogen) atoms. The van der Waals surface area contributed by atoms with E-state index in [1.807, 2.05) is 0 Å². The molecule has 1 aromatic carbocycles. The standard InChI is InChI=1S/C15H9Cl2F6N3O3S/c1-28-13(29-2)11-12(30(27)15(21,22)23)9(5-24)25-26(11)10-7(16)3-6(4-8(10)17)14(18,19)20/h3-4,13H,1-2H3. The first-order valence-electron chi connectivity index (χ1n) is 7.41. The molecule has 0 amide bonds. The van der Waals surface area contributed by atoms with Gasteiger partial charge in [0.15, 0.2) is 16.5 Å². The fourth-order valence-corrected chi connectivity index (χ4v) is 3.93. The van der Waals surface area contributed by atoms with Crippen LogP contribution in [0.3, 0.4) is 0 Å². The minimum absolute atomic E-state index is 0.468. The molecule has 0 N–H and O–H groups in total. The zero-order valence-electron chi connectivity index (χ0n) is 14.7. The van der Waals surface area contributed by atoms with Gasteiger partial charge in [0, 0.05) is 14.2 Å². The van der Waals surface area contributed by atoms with Crippen LogP contribution in [0.1, 0.15) is 23.2 Å². The van der Waals surface area contributed by atoms with Crippen molar-refractivity contribution < 1.29 is 40.0 Å². The Hall–Kier alpha value is -1.85. The molecule has 0 aliphatic carbocycles. The van der Waals surface area contributed by atoms with Gasteiger partial charge in [-0.25, -0.2) is 8.89 Å². The van der Waals surface area contributed by atoms with Gasteiger partial charge in [0.1, 0.15) is 22.3 Å². The number of hydrogen-bond donors (Lipinski definition) is 0. The van der Waals surface area contributed by atoms with Crippen LogP contribution in [0.15, 0.2) is 17.0 Å². The van der Waals surface area contributed by atoms with Crippen LogP contribution >= 0.6 is 23.2 Å². The molecular formula is C15H9Cl2F6N3O3S. The number of nitriles is 1. The number of halogens is 8. The van der Waals surface area contributed by atoms with Gasteiger partial charge in [-0.1, -0.05) is 23.2 Å². The van der Waals surface area contributed by atoms with Crippen molar-refractivity contribution in [1.29, 1.82) is 5.26 Å². The SMILES string of the molecule is COC(OC)c1c(S(=O)C(F)(F)F)c(C#N)nn1-c1c(Cl)cc(C(F)(F)F)cc1Cl. The van der Waals surface area contributed by atoms with Crippen molar-refractivity contribution in [3.8, 4) is 11.8 Å². The molecule has 1 heterocycles. The largest absolute Gasteiger partial charge is 0.476 e. The fourth-order valence-electron chi connectivity index (χ4n) is 2.42. The summed E-state index contributed by atoms with van der Waals surface area (Å²) in [5, 5.41) is 11.5. The van der Waals surface area contributed by atoms with E-state index < -0.39 is 66.4 Å². The van der Waals surface area contributed by atoms with E-state index >= 15 is 0 Å². The quantitative estimate of drug-likeness (QED) is 0.431. The lowest BCUT2D eigenvalue weighted by Gasteiger charge is -2.19. The van der Waals surface area contributed by atoms with E-state index in [-0.39, 0.29) is 0 Å². The van der Waals surface area contributed by atoms with Crippen molar-refractivity contribution >= 4 is 34.0 Å². The lowest BCUT2D eigenvalue weighted by molar-refractivity contribution is -0.137. The zero-order valence-corrected chi connectivity index (χ0v) is 17.1. The second-order valence-corrected chi connectivity index (χ2v) is 7.61. The summed E-state index contributed by atoms with van der Waals surface area (Å²) in [5.41, 5.74) is -8.65. The Balaban J connectivity index is 2.93. The van der Waals surface area contributed by atoms with Gasteiger partial charge in [-0.15, -0.1) is 0 Å². The van der Waals surface area contributed by atoms with Gasteiger partial charge in [0.25, 0.3) is 0 Å². The Labute approximate surface area is 177 Å². The molecule has 1 aromatic heterocycles. The number of aromatic nitrogens is 2. The third-order valence-corrected chi connectivity index (χ3v) is 5.35. The van der Waals surface area contributed by atoms with Gasteiger partial charge >= 0.3 is 11.7 Å². The molecule has 2 rings (SSSR count). The molecule has 1 unspecified atom stereocenters. The lowest BCUT2D eigenvalue weighted by atomic mass is 10.2. The summed E-state index contributed by atoms with van der Waals surface area (Å²) in [7, 11) is -1.72. The Morgan fingerprint density at radius 1 is 1.13 bits per heavy atom. The maximum Gasteiger partial charge on any atom is 0.476 e. The second kappa shape index (κ2) is 8.72. The highest BCUT2D eigenvalue weighted by molar-refractivity contribution is 7.86. The van der Waals surface area contributed by atoms with Crippen molar-refractivity contribution in [2.75, 3.05) is 14.2 Å². The summed E-state index contributed by atoms with van der Waals surface area (Å²) in [6.07, 6.45) is -6.48. The smallest absolute Gasteiger partial charge is 0.350 e. The average Bonchev–Trinajstić information content (AvgIpc) is 2.99. The maximum atomic E-state index is 13.2. The van der Waals surface area contributed by atoms with Gasteiger partial charge in [0.05, 0.1) is 15.6 Å². The van der Waals surface area contributed by atoms with Crippen molar-refractivity contribution in [2.24, 2.45) is 0 Å². The Kier molecular flexibility index (Phi) is 7.10. The minimum atomic E-state index is -5.30. The molecule has 1 atom stereocenters. The third-order valence-electron chi connectivity index (χ3n) is 3.58. The Morgan fingerprint density at radius 3 is 2.00 bits per heavy atom. The van der Waals surface area contributed by atoms with Gasteiger partial charge < -0.3 is 9.47 Å². The van der Waals surface area contributed by atoms with Crippen LogP contribution in [0.25, 0.3) is 5.69 Å². The minimum Gasteiger partial charge on any atom is -0.350 e. The van der Waals surface area contributed by atoms with E-state index in [4.69, 9.17) is 32.7 Å². The summed E-state index contributed by atoms with van der Waals surface area (Å²) >= 11 is 11.8. The van der Waals surface area contributed by atoms with Gasteiger partial charge in [0.2, 0.25) is 6.29 Å². The van der Waals surface area contributed by atoms with Gasteiger partial charge in [-0.05, 0) is 12.1 Å². The van der Waals surface area contributed by atoms with E-state index in [0.29, 0.717) is 16.8 Å². The van der Waals surface area contributed by atoms with E-state index in [1.54, 1.807) is 0 Å². The first-order chi connectivity index (χ1) is 13.8. The molecular weight excluding hydrogens is 487 g/mol. The normalized spacial score (nSPS) is 13.5. The van der Waals surface area contributed by atoms with Crippen LogP contribution in [0, 0.1) is 11.3 Å². The first kappa shape index (κ1) is 24.4. The molecule has 0 aliphatic rings. The molecule has 0 fully saturated rings. The Bertz CT molecular complexity index is 1010. The van der Waals surface area contributed by atoms with Crippen molar-refractivity contribution in [2.45, 2.75) is 22.9 Å². The summed E-state index contributed by atoms with van der Waals surface area (Å²) in [5.74, 6) is 0. The lowest BCUT2D eigenvalue weighted by Crippen LogP contribution is -2.21. The van der Waals surface area contributed by atoms with Crippen molar-refractivity contribution in [1.82, 2.24) is 9.78 Å². The number of hydrogen-bond acceptors (Lipinski definition) is 5. The number of ether oxygens (including phenoxy) is 2. The molecule has 0 bridgehead atoms. The molecule has 0 saturated heterocycles. The summed E-state index contributed by atoms with van der Waals surface area (Å²) in [6.45, 7) is 0. The van der Waals surface area contributed by atoms with E-state index in [1.165, 1.54) is 6.07 Å². The molecule has 0 spiro atoms. The van der Waals surface area contributed by atoms with Crippen LogP contribution in [-0.4, -0.2) is 33.7 Å². The molecule has 0 radical (unpaired) electrons. The van der Waals surface area contributed by atoms with Crippen LogP contribution in [0.5, 0.6) is 0 Å². The Morgan fingerprint density at radius 2 is 1.63 bits per heavy atom. The van der Waals surface area contributed by atoms with Crippen LogP contribution < -0.4 is 0 Å². The predicted octanol–water partition coefficient (Wildman–Crippen LogP) is 4.99. The first-order valence-corrected chi connectivity index (χ1v) is 9.32. The highest BCUT2D eigenvalue weighted by Gasteiger charge is 2.44. The monoisotopic (exact) mass is 495 g/mol. The average molecular weight is 496 g/mol.